The lowest BCUT2D eigenvalue weighted by atomic mass is 10.1. The molecule has 0 atom stereocenters. The predicted molar refractivity (Wildman–Crippen MR) is 110 cm³/mol. The number of amides is 1. The third kappa shape index (κ3) is 5.25. The summed E-state index contributed by atoms with van der Waals surface area (Å²) in [5.41, 5.74) is 2.36. The number of thioether (sulfide) groups is 1. The van der Waals surface area contributed by atoms with Gasteiger partial charge in [0.05, 0.1) is 10.7 Å². The lowest BCUT2D eigenvalue weighted by molar-refractivity contribution is -0.384. The Balaban J connectivity index is 1.45. The van der Waals surface area contributed by atoms with Gasteiger partial charge in [-0.05, 0) is 43.2 Å². The van der Waals surface area contributed by atoms with Crippen LogP contribution in [-0.4, -0.2) is 40.7 Å². The Hall–Kier alpha value is -2.54. The van der Waals surface area contributed by atoms with Crippen molar-refractivity contribution in [2.75, 3.05) is 18.8 Å². The SMILES string of the molecule is Cc1ccc(C)c(OC2CCN(C(=O)CSc3ccc([N+](=O)[O-])cc3)CC2)c1. The van der Waals surface area contributed by atoms with Crippen molar-refractivity contribution in [2.45, 2.75) is 37.7 Å². The molecule has 2 aromatic rings. The normalized spacial score (nSPS) is 14.7. The van der Waals surface area contributed by atoms with Gasteiger partial charge in [-0.25, -0.2) is 0 Å². The number of nitro benzene ring substituents is 1. The number of aryl methyl sites for hydroxylation is 2. The van der Waals surface area contributed by atoms with E-state index in [9.17, 15) is 14.9 Å². The van der Waals surface area contributed by atoms with E-state index in [4.69, 9.17) is 4.74 Å². The molecule has 1 aliphatic rings. The minimum atomic E-state index is -0.427. The predicted octanol–water partition coefficient (Wildman–Crippen LogP) is 4.37. The Bertz CT molecular complexity index is 846. The zero-order valence-electron chi connectivity index (χ0n) is 16.1. The second-order valence-corrected chi connectivity index (χ2v) is 8.06. The summed E-state index contributed by atoms with van der Waals surface area (Å²) in [6.45, 7) is 5.48. The van der Waals surface area contributed by atoms with Crippen LogP contribution in [0.15, 0.2) is 47.4 Å². The van der Waals surface area contributed by atoms with Crippen LogP contribution >= 0.6 is 11.8 Å². The van der Waals surface area contributed by atoms with E-state index in [1.165, 1.54) is 29.5 Å². The molecule has 1 saturated heterocycles. The summed E-state index contributed by atoms with van der Waals surface area (Å²) in [7, 11) is 0. The van der Waals surface area contributed by atoms with Crippen molar-refractivity contribution >= 4 is 23.4 Å². The summed E-state index contributed by atoms with van der Waals surface area (Å²) < 4.78 is 6.16. The Morgan fingerprint density at radius 3 is 2.50 bits per heavy atom. The van der Waals surface area contributed by atoms with Gasteiger partial charge in [0.15, 0.2) is 0 Å². The smallest absolute Gasteiger partial charge is 0.269 e. The molecule has 1 fully saturated rings. The number of rotatable bonds is 6. The van der Waals surface area contributed by atoms with Crippen molar-refractivity contribution in [3.8, 4) is 5.75 Å². The van der Waals surface area contributed by atoms with Crippen LogP contribution in [0, 0.1) is 24.0 Å². The van der Waals surface area contributed by atoms with Crippen molar-refractivity contribution < 1.29 is 14.5 Å². The fourth-order valence-corrected chi connectivity index (χ4v) is 3.94. The molecule has 1 heterocycles. The number of hydrogen-bond donors (Lipinski definition) is 0. The molecule has 148 valence electrons. The molecular formula is C21H24N2O4S. The van der Waals surface area contributed by atoms with Crippen LogP contribution < -0.4 is 4.74 Å². The van der Waals surface area contributed by atoms with Crippen molar-refractivity contribution in [1.82, 2.24) is 4.90 Å². The van der Waals surface area contributed by atoms with Crippen molar-refractivity contribution in [3.05, 3.63) is 63.7 Å². The Labute approximate surface area is 169 Å². The van der Waals surface area contributed by atoms with E-state index in [0.29, 0.717) is 18.8 Å². The van der Waals surface area contributed by atoms with E-state index in [1.54, 1.807) is 12.1 Å². The molecule has 2 aromatic carbocycles. The van der Waals surface area contributed by atoms with E-state index in [0.717, 1.165) is 29.1 Å². The fraction of sp³-hybridized carbons (Fsp3) is 0.381. The molecule has 0 aromatic heterocycles. The molecule has 7 heteroatoms. The number of nitrogens with zero attached hydrogens (tertiary/aromatic N) is 2. The topological polar surface area (TPSA) is 72.7 Å². The molecule has 6 nitrogen and oxygen atoms in total. The number of carbonyl (C=O) groups is 1. The first-order valence-corrected chi connectivity index (χ1v) is 10.3. The lowest BCUT2D eigenvalue weighted by Gasteiger charge is -2.32. The molecule has 3 rings (SSSR count). The van der Waals surface area contributed by atoms with Gasteiger partial charge < -0.3 is 9.64 Å². The number of likely N-dealkylation sites (tertiary alicyclic amines) is 1. The number of nitro groups is 1. The van der Waals surface area contributed by atoms with Gasteiger partial charge in [-0.3, -0.25) is 14.9 Å². The summed E-state index contributed by atoms with van der Waals surface area (Å²) in [5.74, 6) is 1.35. The molecule has 1 aliphatic heterocycles. The first kappa shape index (κ1) is 20.2. The van der Waals surface area contributed by atoms with Gasteiger partial charge in [0, 0.05) is 43.0 Å². The maximum Gasteiger partial charge on any atom is 0.269 e. The summed E-state index contributed by atoms with van der Waals surface area (Å²) in [6, 6.07) is 12.5. The zero-order chi connectivity index (χ0) is 20.1. The van der Waals surface area contributed by atoms with Gasteiger partial charge in [0.2, 0.25) is 5.91 Å². The van der Waals surface area contributed by atoms with E-state index in [2.05, 4.69) is 25.1 Å². The van der Waals surface area contributed by atoms with E-state index in [-0.39, 0.29) is 17.7 Å². The first-order chi connectivity index (χ1) is 13.4. The van der Waals surface area contributed by atoms with Gasteiger partial charge in [0.1, 0.15) is 11.9 Å². The maximum absolute atomic E-state index is 12.5. The highest BCUT2D eigenvalue weighted by Crippen LogP contribution is 2.25. The zero-order valence-corrected chi connectivity index (χ0v) is 16.9. The van der Waals surface area contributed by atoms with Crippen LogP contribution in [0.2, 0.25) is 0 Å². The fourth-order valence-electron chi connectivity index (χ4n) is 3.14. The van der Waals surface area contributed by atoms with E-state index < -0.39 is 4.92 Å². The van der Waals surface area contributed by atoms with E-state index >= 15 is 0 Å². The summed E-state index contributed by atoms with van der Waals surface area (Å²) in [6.07, 6.45) is 1.77. The number of piperidine rings is 1. The largest absolute Gasteiger partial charge is 0.490 e. The molecule has 0 radical (unpaired) electrons. The van der Waals surface area contributed by atoms with Gasteiger partial charge in [-0.2, -0.15) is 0 Å². The minimum Gasteiger partial charge on any atom is -0.490 e. The molecule has 0 N–H and O–H groups in total. The molecule has 0 unspecified atom stereocenters. The third-order valence-electron chi connectivity index (χ3n) is 4.84. The van der Waals surface area contributed by atoms with Crippen molar-refractivity contribution in [1.29, 1.82) is 0 Å². The molecule has 1 amide bonds. The monoisotopic (exact) mass is 400 g/mol. The average Bonchev–Trinajstić information content (AvgIpc) is 2.70. The standard InChI is InChI=1S/C21H24N2O4S/c1-15-3-4-16(2)20(13-15)27-18-9-11-22(12-10-18)21(24)14-28-19-7-5-17(6-8-19)23(25)26/h3-8,13,18H,9-12,14H2,1-2H3. The number of benzene rings is 2. The van der Waals surface area contributed by atoms with Crippen molar-refractivity contribution in [2.24, 2.45) is 0 Å². The van der Waals surface area contributed by atoms with Gasteiger partial charge >= 0.3 is 0 Å². The van der Waals surface area contributed by atoms with Gasteiger partial charge in [-0.1, -0.05) is 12.1 Å². The first-order valence-electron chi connectivity index (χ1n) is 9.31. The summed E-state index contributed by atoms with van der Waals surface area (Å²) in [4.78, 5) is 25.5. The second kappa shape index (κ2) is 9.10. The van der Waals surface area contributed by atoms with Crippen LogP contribution in [0.1, 0.15) is 24.0 Å². The minimum absolute atomic E-state index is 0.0570. The molecule has 28 heavy (non-hydrogen) atoms. The number of carbonyl (C=O) groups excluding carboxylic acids is 1. The van der Waals surface area contributed by atoms with Gasteiger partial charge in [-0.15, -0.1) is 11.8 Å². The number of ether oxygens (including phenoxy) is 1. The lowest BCUT2D eigenvalue weighted by Crippen LogP contribution is -2.42. The van der Waals surface area contributed by atoms with Crippen LogP contribution in [-0.2, 0) is 4.79 Å². The maximum atomic E-state index is 12.5. The average molecular weight is 401 g/mol. The summed E-state index contributed by atoms with van der Waals surface area (Å²) >= 11 is 1.40. The highest BCUT2D eigenvalue weighted by molar-refractivity contribution is 8.00. The van der Waals surface area contributed by atoms with Crippen LogP contribution in [0.4, 0.5) is 5.69 Å². The molecule has 0 saturated carbocycles. The summed E-state index contributed by atoms with van der Waals surface area (Å²) in [5, 5.41) is 10.7. The van der Waals surface area contributed by atoms with Crippen molar-refractivity contribution in [3.63, 3.8) is 0 Å². The quantitative estimate of drug-likeness (QED) is 0.409. The number of non-ortho nitro benzene ring substituents is 1. The number of hydrogen-bond acceptors (Lipinski definition) is 5. The highest BCUT2D eigenvalue weighted by atomic mass is 32.2. The third-order valence-corrected chi connectivity index (χ3v) is 5.84. The molecule has 0 bridgehead atoms. The molecular weight excluding hydrogens is 376 g/mol. The van der Waals surface area contributed by atoms with Crippen LogP contribution in [0.3, 0.4) is 0 Å². The van der Waals surface area contributed by atoms with Gasteiger partial charge in [0.25, 0.3) is 5.69 Å². The van der Waals surface area contributed by atoms with Crippen LogP contribution in [0.5, 0.6) is 5.75 Å². The Morgan fingerprint density at radius 1 is 1.18 bits per heavy atom. The van der Waals surface area contributed by atoms with E-state index in [1.807, 2.05) is 11.8 Å². The molecule has 0 aliphatic carbocycles. The van der Waals surface area contributed by atoms with Crippen LogP contribution in [0.25, 0.3) is 0 Å². The highest BCUT2D eigenvalue weighted by Gasteiger charge is 2.24. The Morgan fingerprint density at radius 2 is 1.86 bits per heavy atom. The Kier molecular flexibility index (Phi) is 6.57. The second-order valence-electron chi connectivity index (χ2n) is 7.01. The molecule has 0 spiro atoms.